The van der Waals surface area contributed by atoms with Crippen molar-refractivity contribution in [2.75, 3.05) is 0 Å². The van der Waals surface area contributed by atoms with Gasteiger partial charge < -0.3 is 14.9 Å². The molecule has 0 radical (unpaired) electrons. The van der Waals surface area contributed by atoms with Gasteiger partial charge in [0.05, 0.1) is 5.02 Å². The molecule has 0 bridgehead atoms. The molecule has 2 rings (SSSR count). The van der Waals surface area contributed by atoms with Gasteiger partial charge >= 0.3 is 5.97 Å². The lowest BCUT2D eigenvalue weighted by Gasteiger charge is -2.22. The first-order valence-corrected chi connectivity index (χ1v) is 5.68. The summed E-state index contributed by atoms with van der Waals surface area (Å²) in [5.41, 5.74) is 0.938. The highest BCUT2D eigenvalue weighted by atomic mass is 35.5. The third-order valence-corrected chi connectivity index (χ3v) is 2.63. The Balaban J connectivity index is 2.28. The van der Waals surface area contributed by atoms with Crippen LogP contribution in [0.3, 0.4) is 0 Å². The van der Waals surface area contributed by atoms with E-state index in [1.807, 2.05) is 6.92 Å². The van der Waals surface area contributed by atoms with Crippen LogP contribution in [0.5, 0.6) is 5.75 Å². The summed E-state index contributed by atoms with van der Waals surface area (Å²) in [7, 11) is 0. The van der Waals surface area contributed by atoms with E-state index in [0.29, 0.717) is 5.02 Å². The van der Waals surface area contributed by atoms with Gasteiger partial charge in [0, 0.05) is 6.20 Å². The molecule has 0 aliphatic rings. The third kappa shape index (κ3) is 2.79. The predicted molar refractivity (Wildman–Crippen MR) is 67.2 cm³/mol. The molecule has 0 spiro atoms. The molecular formula is C13H12ClNO3. The lowest BCUT2D eigenvalue weighted by atomic mass is 10.2. The van der Waals surface area contributed by atoms with Crippen LogP contribution in [0.15, 0.2) is 42.6 Å². The topological polar surface area (TPSA) is 62.6 Å². The summed E-state index contributed by atoms with van der Waals surface area (Å²) in [4.78, 5) is 3.83. The van der Waals surface area contributed by atoms with Crippen molar-refractivity contribution in [3.05, 3.63) is 58.9 Å². The Morgan fingerprint density at radius 2 is 2.00 bits per heavy atom. The van der Waals surface area contributed by atoms with E-state index in [-0.39, 0.29) is 11.4 Å². The second-order valence-corrected chi connectivity index (χ2v) is 4.27. The first kappa shape index (κ1) is 12.8. The maximum absolute atomic E-state index is 9.85. The highest BCUT2D eigenvalue weighted by molar-refractivity contribution is 6.32. The van der Waals surface area contributed by atoms with Crippen LogP contribution in [-0.4, -0.2) is 15.2 Å². The van der Waals surface area contributed by atoms with Crippen LogP contribution >= 0.6 is 11.6 Å². The van der Waals surface area contributed by atoms with Gasteiger partial charge in [0.2, 0.25) is 0 Å². The molecule has 1 aromatic carbocycles. The number of aryl methyl sites for hydroxylation is 1. The Labute approximate surface area is 109 Å². The van der Waals surface area contributed by atoms with Gasteiger partial charge in [-0.1, -0.05) is 23.7 Å². The summed E-state index contributed by atoms with van der Waals surface area (Å²) in [5.74, 6) is -2.34. The van der Waals surface area contributed by atoms with E-state index in [1.54, 1.807) is 30.3 Å². The molecule has 0 aliphatic carbocycles. The van der Waals surface area contributed by atoms with Gasteiger partial charge in [0.1, 0.15) is 11.4 Å². The van der Waals surface area contributed by atoms with Crippen molar-refractivity contribution < 1.29 is 14.9 Å². The molecule has 0 atom stereocenters. The van der Waals surface area contributed by atoms with E-state index in [0.717, 1.165) is 5.56 Å². The number of ether oxygens (including phenoxy) is 1. The summed E-state index contributed by atoms with van der Waals surface area (Å²) in [6, 6.07) is 9.74. The summed E-state index contributed by atoms with van der Waals surface area (Å²) in [5, 5.41) is 20.0. The lowest BCUT2D eigenvalue weighted by Crippen LogP contribution is -2.33. The maximum Gasteiger partial charge on any atom is 0.369 e. The summed E-state index contributed by atoms with van der Waals surface area (Å²) in [6.45, 7) is 1.87. The SMILES string of the molecule is Cc1ccc(OC(O)(O)c2ccccn2)c(Cl)c1. The highest BCUT2D eigenvalue weighted by Gasteiger charge is 2.31. The number of hydrogen-bond acceptors (Lipinski definition) is 4. The number of pyridine rings is 1. The maximum atomic E-state index is 9.85. The molecule has 0 saturated heterocycles. The molecule has 94 valence electrons. The van der Waals surface area contributed by atoms with Gasteiger partial charge in [-0.05, 0) is 36.8 Å². The molecule has 2 aromatic rings. The largest absolute Gasteiger partial charge is 0.433 e. The average Bonchev–Trinajstić information content (AvgIpc) is 2.34. The average molecular weight is 266 g/mol. The van der Waals surface area contributed by atoms with Gasteiger partial charge in [-0.2, -0.15) is 0 Å². The van der Waals surface area contributed by atoms with Crippen LogP contribution in [0.25, 0.3) is 0 Å². The zero-order valence-corrected chi connectivity index (χ0v) is 10.4. The summed E-state index contributed by atoms with van der Waals surface area (Å²) >= 11 is 5.96. The Kier molecular flexibility index (Phi) is 3.52. The fourth-order valence-corrected chi connectivity index (χ4v) is 1.72. The molecule has 0 amide bonds. The predicted octanol–water partition coefficient (Wildman–Crippen LogP) is 2.22. The Hall–Kier alpha value is -1.62. The van der Waals surface area contributed by atoms with Crippen molar-refractivity contribution in [3.63, 3.8) is 0 Å². The molecule has 2 N–H and O–H groups in total. The monoisotopic (exact) mass is 265 g/mol. The van der Waals surface area contributed by atoms with Crippen LogP contribution in [0.1, 0.15) is 11.3 Å². The van der Waals surface area contributed by atoms with Crippen LogP contribution in [0.2, 0.25) is 5.02 Å². The molecule has 18 heavy (non-hydrogen) atoms. The van der Waals surface area contributed by atoms with E-state index < -0.39 is 5.97 Å². The number of aliphatic hydroxyl groups is 2. The molecule has 0 saturated carbocycles. The minimum atomic E-state index is -2.51. The van der Waals surface area contributed by atoms with Crippen molar-refractivity contribution in [2.45, 2.75) is 12.9 Å². The Morgan fingerprint density at radius 3 is 2.61 bits per heavy atom. The Morgan fingerprint density at radius 1 is 1.22 bits per heavy atom. The van der Waals surface area contributed by atoms with E-state index in [1.165, 1.54) is 12.3 Å². The number of halogens is 1. The molecule has 0 aliphatic heterocycles. The second-order valence-electron chi connectivity index (χ2n) is 3.86. The standard InChI is InChI=1S/C13H12ClNO3/c1-9-5-6-11(10(14)8-9)18-13(16,17)12-4-2-3-7-15-12/h2-8,16-17H,1H3. The molecule has 1 aromatic heterocycles. The third-order valence-electron chi connectivity index (χ3n) is 2.34. The van der Waals surface area contributed by atoms with E-state index >= 15 is 0 Å². The number of rotatable bonds is 3. The number of benzene rings is 1. The summed E-state index contributed by atoms with van der Waals surface area (Å²) in [6.07, 6.45) is 1.44. The van der Waals surface area contributed by atoms with Crippen LogP contribution in [-0.2, 0) is 5.97 Å². The molecule has 0 fully saturated rings. The van der Waals surface area contributed by atoms with Crippen LogP contribution in [0.4, 0.5) is 0 Å². The van der Waals surface area contributed by atoms with Gasteiger partial charge in [-0.25, -0.2) is 0 Å². The normalized spacial score (nSPS) is 11.3. The lowest BCUT2D eigenvalue weighted by molar-refractivity contribution is -0.306. The minimum absolute atomic E-state index is 0.0124. The summed E-state index contributed by atoms with van der Waals surface area (Å²) < 4.78 is 5.09. The van der Waals surface area contributed by atoms with Crippen LogP contribution in [0, 0.1) is 6.92 Å². The second kappa shape index (κ2) is 4.94. The smallest absolute Gasteiger partial charge is 0.369 e. The van der Waals surface area contributed by atoms with E-state index in [4.69, 9.17) is 16.3 Å². The van der Waals surface area contributed by atoms with E-state index in [9.17, 15) is 10.2 Å². The first-order chi connectivity index (χ1) is 8.49. The van der Waals surface area contributed by atoms with Gasteiger partial charge in [-0.15, -0.1) is 0 Å². The van der Waals surface area contributed by atoms with Gasteiger partial charge in [0.15, 0.2) is 0 Å². The van der Waals surface area contributed by atoms with Crippen molar-refractivity contribution in [2.24, 2.45) is 0 Å². The van der Waals surface area contributed by atoms with Crippen molar-refractivity contribution >= 4 is 11.6 Å². The molecule has 1 heterocycles. The fourth-order valence-electron chi connectivity index (χ4n) is 1.45. The van der Waals surface area contributed by atoms with Crippen molar-refractivity contribution in [3.8, 4) is 5.75 Å². The number of hydrogen-bond donors (Lipinski definition) is 2. The van der Waals surface area contributed by atoms with Gasteiger partial charge in [-0.3, -0.25) is 4.98 Å². The van der Waals surface area contributed by atoms with E-state index in [2.05, 4.69) is 4.98 Å². The minimum Gasteiger partial charge on any atom is -0.433 e. The van der Waals surface area contributed by atoms with Crippen molar-refractivity contribution in [1.82, 2.24) is 4.98 Å². The first-order valence-electron chi connectivity index (χ1n) is 5.30. The van der Waals surface area contributed by atoms with Crippen LogP contribution < -0.4 is 4.74 Å². The molecule has 4 nitrogen and oxygen atoms in total. The highest BCUT2D eigenvalue weighted by Crippen LogP contribution is 2.30. The zero-order valence-electron chi connectivity index (χ0n) is 9.67. The molecular weight excluding hydrogens is 254 g/mol. The quantitative estimate of drug-likeness (QED) is 0.836. The Bertz CT molecular complexity index is 543. The molecule has 0 unspecified atom stereocenters. The fraction of sp³-hybridized carbons (Fsp3) is 0.154. The number of nitrogens with zero attached hydrogens (tertiary/aromatic N) is 1. The van der Waals surface area contributed by atoms with Crippen molar-refractivity contribution in [1.29, 1.82) is 0 Å². The molecule has 5 heteroatoms. The zero-order chi connectivity index (χ0) is 13.2. The number of aromatic nitrogens is 1. The van der Waals surface area contributed by atoms with Gasteiger partial charge in [0.25, 0.3) is 0 Å².